The van der Waals surface area contributed by atoms with Crippen LogP contribution in [0, 0.1) is 0 Å². The van der Waals surface area contributed by atoms with E-state index in [0.717, 1.165) is 24.1 Å². The van der Waals surface area contributed by atoms with Gasteiger partial charge in [0.1, 0.15) is 6.04 Å². The second kappa shape index (κ2) is 8.21. The maximum Gasteiger partial charge on any atom is 0.140 e. The van der Waals surface area contributed by atoms with Gasteiger partial charge in [-0.1, -0.05) is 60.7 Å². The van der Waals surface area contributed by atoms with Crippen LogP contribution < -0.4 is 12.4 Å². The fourth-order valence-corrected chi connectivity index (χ4v) is 3.31. The van der Waals surface area contributed by atoms with E-state index in [-0.39, 0.29) is 12.4 Å². The van der Waals surface area contributed by atoms with E-state index in [9.17, 15) is 0 Å². The molecular formula is C19H26ClN. The molecule has 0 aliphatic heterocycles. The summed E-state index contributed by atoms with van der Waals surface area (Å²) in [6.07, 6.45) is 0. The first kappa shape index (κ1) is 17.7. The molecule has 0 aromatic heterocycles. The summed E-state index contributed by atoms with van der Waals surface area (Å²) in [7, 11) is 0. The van der Waals surface area contributed by atoms with Crippen LogP contribution in [0.2, 0.25) is 0 Å². The van der Waals surface area contributed by atoms with Gasteiger partial charge in [0.2, 0.25) is 0 Å². The van der Waals surface area contributed by atoms with Crippen LogP contribution >= 0.6 is 0 Å². The molecule has 0 atom stereocenters. The fourth-order valence-electron chi connectivity index (χ4n) is 3.31. The molecule has 2 rings (SSSR count). The van der Waals surface area contributed by atoms with Crippen molar-refractivity contribution in [1.82, 2.24) is 0 Å². The Balaban J connectivity index is 0.00000220. The number of rotatable bonds is 6. The molecule has 0 heterocycles. The lowest BCUT2D eigenvalue weighted by Crippen LogP contribution is -3.00. The Bertz CT molecular complexity index is 458. The van der Waals surface area contributed by atoms with Gasteiger partial charge in [0.15, 0.2) is 0 Å². The average molecular weight is 304 g/mol. The molecule has 1 nitrogen and oxygen atoms in total. The van der Waals surface area contributed by atoms with Crippen molar-refractivity contribution in [1.29, 1.82) is 0 Å². The molecule has 0 unspecified atom stereocenters. The maximum atomic E-state index is 2.31. The highest BCUT2D eigenvalue weighted by atomic mass is 35.5. The lowest BCUT2D eigenvalue weighted by molar-refractivity contribution is -0.947. The van der Waals surface area contributed by atoms with Crippen LogP contribution in [0.15, 0.2) is 60.7 Å². The number of hydrogen-bond acceptors (Lipinski definition) is 0. The van der Waals surface area contributed by atoms with Crippen molar-refractivity contribution >= 4 is 0 Å². The van der Waals surface area contributed by atoms with E-state index in [1.165, 1.54) is 11.1 Å². The first-order chi connectivity index (χ1) is 9.77. The smallest absolute Gasteiger partial charge is 0.140 e. The van der Waals surface area contributed by atoms with Gasteiger partial charge in [0, 0.05) is 11.1 Å². The summed E-state index contributed by atoms with van der Waals surface area (Å²) in [4.78, 5) is 0. The molecule has 2 aromatic rings. The standard InChI is InChI=1S/C19H26N.ClH/c1-4-20(5-2,6-3)19(17-13-9-7-10-14-17)18-15-11-8-12-16-18;/h7-16,19H,4-6H2,1-3H3;1H/q+1;/p-1. The number of hydrogen-bond donors (Lipinski definition) is 0. The molecule has 0 amide bonds. The molecule has 2 heteroatoms. The largest absolute Gasteiger partial charge is 1.00 e. The van der Waals surface area contributed by atoms with E-state index in [2.05, 4.69) is 81.4 Å². The zero-order valence-corrected chi connectivity index (χ0v) is 14.1. The summed E-state index contributed by atoms with van der Waals surface area (Å²) in [5.74, 6) is 0. The Labute approximate surface area is 135 Å². The minimum atomic E-state index is 0. The van der Waals surface area contributed by atoms with E-state index in [1.54, 1.807) is 0 Å². The lowest BCUT2D eigenvalue weighted by atomic mass is 9.94. The predicted molar refractivity (Wildman–Crippen MR) is 86.6 cm³/mol. The molecule has 2 aromatic carbocycles. The van der Waals surface area contributed by atoms with E-state index in [0.29, 0.717) is 6.04 Å². The first-order valence-electron chi connectivity index (χ1n) is 7.73. The van der Waals surface area contributed by atoms with Crippen molar-refractivity contribution in [2.75, 3.05) is 19.6 Å². The van der Waals surface area contributed by atoms with Gasteiger partial charge < -0.3 is 16.9 Å². The third-order valence-electron chi connectivity index (χ3n) is 4.67. The van der Waals surface area contributed by atoms with E-state index < -0.39 is 0 Å². The number of halogens is 1. The Morgan fingerprint density at radius 2 is 1.00 bits per heavy atom. The number of benzene rings is 2. The molecule has 0 radical (unpaired) electrons. The summed E-state index contributed by atoms with van der Waals surface area (Å²) in [5, 5.41) is 0. The van der Waals surface area contributed by atoms with Crippen molar-refractivity contribution in [3.05, 3.63) is 71.8 Å². The molecule has 0 fully saturated rings. The quantitative estimate of drug-likeness (QED) is 0.712. The van der Waals surface area contributed by atoms with Gasteiger partial charge in [-0.25, -0.2) is 0 Å². The highest BCUT2D eigenvalue weighted by Crippen LogP contribution is 2.34. The van der Waals surface area contributed by atoms with Crippen LogP contribution in [0.4, 0.5) is 0 Å². The molecule has 0 aliphatic rings. The van der Waals surface area contributed by atoms with Gasteiger partial charge in [0.25, 0.3) is 0 Å². The number of nitrogens with zero attached hydrogens (tertiary/aromatic N) is 1. The van der Waals surface area contributed by atoms with E-state index in [1.807, 2.05) is 0 Å². The van der Waals surface area contributed by atoms with Crippen molar-refractivity contribution in [3.8, 4) is 0 Å². The summed E-state index contributed by atoms with van der Waals surface area (Å²) < 4.78 is 1.11. The Kier molecular flexibility index (Phi) is 6.94. The summed E-state index contributed by atoms with van der Waals surface area (Å²) in [5.41, 5.74) is 2.84. The zero-order valence-electron chi connectivity index (χ0n) is 13.3. The summed E-state index contributed by atoms with van der Waals surface area (Å²) >= 11 is 0. The zero-order chi connectivity index (χ0) is 14.4. The van der Waals surface area contributed by atoms with Gasteiger partial charge >= 0.3 is 0 Å². The van der Waals surface area contributed by atoms with Gasteiger partial charge in [-0.3, -0.25) is 0 Å². The normalized spacial score (nSPS) is 11.2. The van der Waals surface area contributed by atoms with Gasteiger partial charge in [-0.05, 0) is 20.8 Å². The Morgan fingerprint density at radius 3 is 1.29 bits per heavy atom. The monoisotopic (exact) mass is 303 g/mol. The van der Waals surface area contributed by atoms with Crippen molar-refractivity contribution in [2.24, 2.45) is 0 Å². The van der Waals surface area contributed by atoms with Crippen LogP contribution in [0.5, 0.6) is 0 Å². The van der Waals surface area contributed by atoms with Gasteiger partial charge in [-0.15, -0.1) is 0 Å². The fraction of sp³-hybridized carbons (Fsp3) is 0.368. The molecule has 0 N–H and O–H groups in total. The van der Waals surface area contributed by atoms with E-state index in [4.69, 9.17) is 0 Å². The van der Waals surface area contributed by atoms with E-state index >= 15 is 0 Å². The molecule has 0 saturated carbocycles. The maximum absolute atomic E-state index is 2.31. The lowest BCUT2D eigenvalue weighted by Gasteiger charge is -2.43. The molecule has 114 valence electrons. The third-order valence-corrected chi connectivity index (χ3v) is 4.67. The van der Waals surface area contributed by atoms with Crippen LogP contribution in [-0.2, 0) is 0 Å². The van der Waals surface area contributed by atoms with Gasteiger partial charge in [0.05, 0.1) is 19.6 Å². The molecule has 21 heavy (non-hydrogen) atoms. The van der Waals surface area contributed by atoms with Gasteiger partial charge in [-0.2, -0.15) is 0 Å². The summed E-state index contributed by atoms with van der Waals surface area (Å²) in [6.45, 7) is 10.4. The highest BCUT2D eigenvalue weighted by Gasteiger charge is 2.34. The Morgan fingerprint density at radius 1 is 0.667 bits per heavy atom. The molecular weight excluding hydrogens is 278 g/mol. The molecule has 0 aliphatic carbocycles. The summed E-state index contributed by atoms with van der Waals surface area (Å²) in [6, 6.07) is 22.3. The van der Waals surface area contributed by atoms with Crippen LogP contribution in [0.1, 0.15) is 37.9 Å². The van der Waals surface area contributed by atoms with Crippen molar-refractivity contribution in [3.63, 3.8) is 0 Å². The molecule has 0 saturated heterocycles. The number of quaternary nitrogens is 1. The molecule has 0 spiro atoms. The Hall–Kier alpha value is -1.31. The van der Waals surface area contributed by atoms with Crippen molar-refractivity contribution < 1.29 is 16.9 Å². The minimum absolute atomic E-state index is 0. The topological polar surface area (TPSA) is 0 Å². The molecule has 0 bridgehead atoms. The second-order valence-corrected chi connectivity index (χ2v) is 5.39. The van der Waals surface area contributed by atoms with Crippen LogP contribution in [-0.4, -0.2) is 24.1 Å². The third kappa shape index (κ3) is 3.66. The predicted octanol–water partition coefficient (Wildman–Crippen LogP) is 1.66. The van der Waals surface area contributed by atoms with Crippen molar-refractivity contribution in [2.45, 2.75) is 26.8 Å². The highest BCUT2D eigenvalue weighted by molar-refractivity contribution is 5.29. The van der Waals surface area contributed by atoms with Crippen LogP contribution in [0.25, 0.3) is 0 Å². The van der Waals surface area contributed by atoms with Crippen LogP contribution in [0.3, 0.4) is 0 Å². The average Bonchev–Trinajstić information content (AvgIpc) is 2.54. The first-order valence-corrected chi connectivity index (χ1v) is 7.73. The minimum Gasteiger partial charge on any atom is -1.00 e. The second-order valence-electron chi connectivity index (χ2n) is 5.39. The SMILES string of the molecule is CC[N+](CC)(CC)C(c1ccccc1)c1ccccc1.[Cl-].